The lowest BCUT2D eigenvalue weighted by Gasteiger charge is -2.40. The standard InChI is InChI=1S/C19H29N3O5/c1-19(7-6-8-19)20-12-16(23)13-9-14(26-17(24)21(2)3)11-15(10-13)27-18(25)22(4)5/h9-11,16,20,23H,6-8,12H2,1-5H3. The number of carbonyl (C=O) groups is 2. The van der Waals surface area contributed by atoms with Gasteiger partial charge in [0.15, 0.2) is 0 Å². The highest BCUT2D eigenvalue weighted by Gasteiger charge is 2.31. The normalized spacial score (nSPS) is 16.1. The average molecular weight is 379 g/mol. The molecule has 0 spiro atoms. The van der Waals surface area contributed by atoms with Gasteiger partial charge in [-0.15, -0.1) is 0 Å². The highest BCUT2D eigenvalue weighted by Crippen LogP contribution is 2.32. The van der Waals surface area contributed by atoms with Crippen molar-refractivity contribution in [2.75, 3.05) is 34.7 Å². The Morgan fingerprint density at radius 1 is 1.07 bits per heavy atom. The first-order valence-corrected chi connectivity index (χ1v) is 8.96. The first kappa shape index (κ1) is 21.0. The summed E-state index contributed by atoms with van der Waals surface area (Å²) in [6.07, 6.45) is 1.37. The molecule has 27 heavy (non-hydrogen) atoms. The molecule has 0 aromatic heterocycles. The molecule has 150 valence electrons. The van der Waals surface area contributed by atoms with Crippen LogP contribution in [-0.4, -0.2) is 67.4 Å². The van der Waals surface area contributed by atoms with Crippen LogP contribution in [-0.2, 0) is 0 Å². The van der Waals surface area contributed by atoms with Gasteiger partial charge in [0.25, 0.3) is 0 Å². The molecule has 1 fully saturated rings. The number of nitrogens with one attached hydrogen (secondary N) is 1. The fourth-order valence-corrected chi connectivity index (χ4v) is 2.63. The SMILES string of the molecule is CN(C)C(=O)Oc1cc(OC(=O)N(C)C)cc(C(O)CNC2(C)CCC2)c1. The molecule has 1 aromatic rings. The van der Waals surface area contributed by atoms with Gasteiger partial charge in [-0.1, -0.05) is 0 Å². The summed E-state index contributed by atoms with van der Waals surface area (Å²) in [6, 6.07) is 4.59. The van der Waals surface area contributed by atoms with E-state index in [1.54, 1.807) is 40.3 Å². The second kappa shape index (κ2) is 8.58. The van der Waals surface area contributed by atoms with Crippen LogP contribution in [0.2, 0.25) is 0 Å². The zero-order valence-electron chi connectivity index (χ0n) is 16.6. The van der Waals surface area contributed by atoms with Crippen molar-refractivity contribution < 1.29 is 24.2 Å². The van der Waals surface area contributed by atoms with Crippen LogP contribution in [0.4, 0.5) is 9.59 Å². The largest absolute Gasteiger partial charge is 0.414 e. The second-order valence-electron chi connectivity index (χ2n) is 7.57. The predicted octanol–water partition coefficient (Wildman–Crippen LogP) is 2.37. The highest BCUT2D eigenvalue weighted by atomic mass is 16.6. The monoisotopic (exact) mass is 379 g/mol. The number of nitrogens with zero attached hydrogens (tertiary/aromatic N) is 2. The van der Waals surface area contributed by atoms with E-state index in [0.717, 1.165) is 12.8 Å². The number of aliphatic hydroxyl groups is 1. The quantitative estimate of drug-likeness (QED) is 0.789. The number of rotatable bonds is 6. The van der Waals surface area contributed by atoms with E-state index in [9.17, 15) is 14.7 Å². The Kier molecular flexibility index (Phi) is 6.67. The topological polar surface area (TPSA) is 91.3 Å². The van der Waals surface area contributed by atoms with E-state index in [4.69, 9.17) is 9.47 Å². The van der Waals surface area contributed by atoms with Crippen LogP contribution in [0.15, 0.2) is 18.2 Å². The van der Waals surface area contributed by atoms with Gasteiger partial charge in [-0.2, -0.15) is 0 Å². The maximum Gasteiger partial charge on any atom is 0.414 e. The summed E-state index contributed by atoms with van der Waals surface area (Å²) < 4.78 is 10.6. The summed E-state index contributed by atoms with van der Waals surface area (Å²) in [5.41, 5.74) is 0.548. The molecular weight excluding hydrogens is 350 g/mol. The van der Waals surface area contributed by atoms with E-state index >= 15 is 0 Å². The minimum atomic E-state index is -0.836. The Labute approximate surface area is 160 Å². The van der Waals surface area contributed by atoms with E-state index in [0.29, 0.717) is 12.1 Å². The first-order valence-electron chi connectivity index (χ1n) is 8.96. The summed E-state index contributed by atoms with van der Waals surface area (Å²) in [7, 11) is 6.27. The van der Waals surface area contributed by atoms with Crippen LogP contribution >= 0.6 is 0 Å². The molecule has 2 amide bonds. The number of amides is 2. The zero-order valence-corrected chi connectivity index (χ0v) is 16.6. The molecule has 0 saturated heterocycles. The summed E-state index contributed by atoms with van der Waals surface area (Å²) in [6.45, 7) is 2.48. The van der Waals surface area contributed by atoms with Gasteiger partial charge in [0.05, 0.1) is 6.10 Å². The van der Waals surface area contributed by atoms with Crippen LogP contribution in [0.3, 0.4) is 0 Å². The average Bonchev–Trinajstić information content (AvgIpc) is 2.57. The molecule has 0 aliphatic heterocycles. The molecule has 1 aliphatic rings. The van der Waals surface area contributed by atoms with Gasteiger partial charge >= 0.3 is 12.2 Å². The van der Waals surface area contributed by atoms with Crippen LogP contribution in [0.5, 0.6) is 11.5 Å². The molecule has 2 rings (SSSR count). The predicted molar refractivity (Wildman–Crippen MR) is 101 cm³/mol. The fourth-order valence-electron chi connectivity index (χ4n) is 2.63. The second-order valence-corrected chi connectivity index (χ2v) is 7.57. The first-order chi connectivity index (χ1) is 12.6. The number of aliphatic hydroxyl groups excluding tert-OH is 1. The summed E-state index contributed by atoms with van der Waals surface area (Å²) in [5, 5.41) is 13.9. The highest BCUT2D eigenvalue weighted by molar-refractivity contribution is 5.72. The Morgan fingerprint density at radius 3 is 1.93 bits per heavy atom. The van der Waals surface area contributed by atoms with Crippen molar-refractivity contribution in [3.63, 3.8) is 0 Å². The molecule has 0 heterocycles. The van der Waals surface area contributed by atoms with E-state index in [1.165, 1.54) is 22.3 Å². The van der Waals surface area contributed by atoms with Gasteiger partial charge in [0, 0.05) is 46.3 Å². The molecule has 0 radical (unpaired) electrons. The van der Waals surface area contributed by atoms with Gasteiger partial charge in [-0.25, -0.2) is 9.59 Å². The van der Waals surface area contributed by atoms with E-state index < -0.39 is 18.3 Å². The van der Waals surface area contributed by atoms with Crippen molar-refractivity contribution in [2.45, 2.75) is 37.8 Å². The Bertz CT molecular complexity index is 646. The van der Waals surface area contributed by atoms with Crippen LogP contribution in [0, 0.1) is 0 Å². The van der Waals surface area contributed by atoms with Crippen LogP contribution in [0.25, 0.3) is 0 Å². The molecule has 8 heteroatoms. The number of hydrogen-bond acceptors (Lipinski definition) is 6. The van der Waals surface area contributed by atoms with Gasteiger partial charge < -0.3 is 29.7 Å². The minimum Gasteiger partial charge on any atom is -0.410 e. The number of benzene rings is 1. The molecular formula is C19H29N3O5. The van der Waals surface area contributed by atoms with Gasteiger partial charge in [-0.05, 0) is 43.9 Å². The van der Waals surface area contributed by atoms with Gasteiger partial charge in [-0.3, -0.25) is 0 Å². The van der Waals surface area contributed by atoms with Crippen LogP contribution in [0.1, 0.15) is 37.9 Å². The molecule has 1 aromatic carbocycles. The molecule has 1 saturated carbocycles. The third kappa shape index (κ3) is 5.83. The van der Waals surface area contributed by atoms with Crippen molar-refractivity contribution in [1.82, 2.24) is 15.1 Å². The van der Waals surface area contributed by atoms with Crippen molar-refractivity contribution in [1.29, 1.82) is 0 Å². The fraction of sp³-hybridized carbons (Fsp3) is 0.579. The van der Waals surface area contributed by atoms with Crippen molar-refractivity contribution >= 4 is 12.2 Å². The Morgan fingerprint density at radius 2 is 1.56 bits per heavy atom. The van der Waals surface area contributed by atoms with Crippen molar-refractivity contribution in [2.24, 2.45) is 0 Å². The number of carbonyl (C=O) groups excluding carboxylic acids is 2. The molecule has 2 N–H and O–H groups in total. The third-order valence-electron chi connectivity index (χ3n) is 4.61. The van der Waals surface area contributed by atoms with E-state index in [2.05, 4.69) is 12.2 Å². The zero-order chi connectivity index (χ0) is 20.2. The molecule has 1 aliphatic carbocycles. The van der Waals surface area contributed by atoms with Crippen molar-refractivity contribution in [3.05, 3.63) is 23.8 Å². The minimum absolute atomic E-state index is 0.0518. The third-order valence-corrected chi connectivity index (χ3v) is 4.61. The van der Waals surface area contributed by atoms with E-state index in [-0.39, 0.29) is 17.0 Å². The lowest BCUT2D eigenvalue weighted by Crippen LogP contribution is -2.49. The maximum atomic E-state index is 11.9. The van der Waals surface area contributed by atoms with Crippen molar-refractivity contribution in [3.8, 4) is 11.5 Å². The lowest BCUT2D eigenvalue weighted by atomic mass is 9.78. The molecule has 1 unspecified atom stereocenters. The van der Waals surface area contributed by atoms with Gasteiger partial charge in [0.2, 0.25) is 0 Å². The lowest BCUT2D eigenvalue weighted by molar-refractivity contribution is 0.131. The number of β-amino-alcohol motifs (C(OH)–C–C–N with tert-alkyl or cyclic N) is 1. The number of ether oxygens (including phenoxy) is 2. The molecule has 8 nitrogen and oxygen atoms in total. The summed E-state index contributed by atoms with van der Waals surface area (Å²) >= 11 is 0. The Hall–Kier alpha value is -2.32. The number of hydrogen-bond donors (Lipinski definition) is 2. The van der Waals surface area contributed by atoms with Crippen LogP contribution < -0.4 is 14.8 Å². The molecule has 0 bridgehead atoms. The smallest absolute Gasteiger partial charge is 0.410 e. The Balaban J connectivity index is 2.19. The molecule has 1 atom stereocenters. The summed E-state index contributed by atoms with van der Waals surface area (Å²) in [5.74, 6) is 0.392. The van der Waals surface area contributed by atoms with E-state index in [1.807, 2.05) is 0 Å². The maximum absolute atomic E-state index is 11.9. The van der Waals surface area contributed by atoms with Gasteiger partial charge in [0.1, 0.15) is 11.5 Å². The summed E-state index contributed by atoms with van der Waals surface area (Å²) in [4.78, 5) is 26.3.